The number of thiophene rings is 1. The van der Waals surface area contributed by atoms with Gasteiger partial charge >= 0.3 is 0 Å². The summed E-state index contributed by atoms with van der Waals surface area (Å²) in [5.74, 6) is 1.14. The molecule has 1 aliphatic carbocycles. The highest BCUT2D eigenvalue weighted by Crippen LogP contribution is 2.37. The van der Waals surface area contributed by atoms with Crippen molar-refractivity contribution in [3.8, 4) is 10.8 Å². The van der Waals surface area contributed by atoms with Crippen LogP contribution in [-0.4, -0.2) is 45.8 Å². The molecule has 4 rings (SSSR count). The molecule has 0 saturated carbocycles. The number of aromatic nitrogens is 2. The molecule has 0 unspecified atom stereocenters. The lowest BCUT2D eigenvalue weighted by atomic mass is 9.90. The third kappa shape index (κ3) is 4.25. The molecule has 2 aromatic rings. The molecule has 1 saturated heterocycles. The third-order valence-corrected chi connectivity index (χ3v) is 7.54. The Kier molecular flexibility index (Phi) is 5.73. The summed E-state index contributed by atoms with van der Waals surface area (Å²) in [5, 5.41) is 8.66. The average molecular weight is 421 g/mol. The summed E-state index contributed by atoms with van der Waals surface area (Å²) in [7, 11) is 0. The second-order valence-corrected chi connectivity index (χ2v) is 9.69. The van der Waals surface area contributed by atoms with Crippen molar-refractivity contribution < 1.29 is 14.0 Å². The molecule has 3 heterocycles. The van der Waals surface area contributed by atoms with Gasteiger partial charge in [-0.25, -0.2) is 0 Å². The SMILES string of the molecule is C[C@H]1CCc2sc(-c3nnc(SCC(=O)N4CCC(C(N)=O)CC4)o3)cc2C1. The largest absolute Gasteiger partial charge is 0.410 e. The van der Waals surface area contributed by atoms with E-state index in [1.165, 1.54) is 28.6 Å². The molecule has 0 bridgehead atoms. The van der Waals surface area contributed by atoms with E-state index in [2.05, 4.69) is 23.2 Å². The summed E-state index contributed by atoms with van der Waals surface area (Å²) in [6.07, 6.45) is 4.74. The van der Waals surface area contributed by atoms with E-state index < -0.39 is 0 Å². The number of nitrogens with zero attached hydrogens (tertiary/aromatic N) is 3. The molecule has 28 heavy (non-hydrogen) atoms. The molecule has 150 valence electrons. The van der Waals surface area contributed by atoms with Crippen molar-refractivity contribution in [2.24, 2.45) is 17.6 Å². The molecule has 2 aliphatic rings. The molecular weight excluding hydrogens is 396 g/mol. The lowest BCUT2D eigenvalue weighted by Crippen LogP contribution is -2.42. The van der Waals surface area contributed by atoms with Gasteiger partial charge in [-0.15, -0.1) is 21.5 Å². The van der Waals surface area contributed by atoms with Crippen LogP contribution in [0.2, 0.25) is 0 Å². The number of thioether (sulfide) groups is 1. The molecule has 2 amide bonds. The minimum atomic E-state index is -0.274. The Morgan fingerprint density at radius 2 is 2.11 bits per heavy atom. The van der Waals surface area contributed by atoms with Crippen molar-refractivity contribution in [1.82, 2.24) is 15.1 Å². The number of rotatable bonds is 5. The standard InChI is InChI=1S/C19H24N4O3S2/c1-11-2-3-14-13(8-11)9-15(28-14)18-21-22-19(26-18)27-10-16(24)23-6-4-12(5-7-23)17(20)25/h9,11-12H,2-8,10H2,1H3,(H2,20,25)/t11-/m0/s1. The number of fused-ring (bicyclic) bond motifs is 1. The second-order valence-electron chi connectivity index (χ2n) is 7.63. The highest BCUT2D eigenvalue weighted by molar-refractivity contribution is 7.99. The summed E-state index contributed by atoms with van der Waals surface area (Å²) < 4.78 is 5.78. The molecule has 1 atom stereocenters. The molecule has 1 fully saturated rings. The van der Waals surface area contributed by atoms with Crippen molar-refractivity contribution in [3.05, 3.63) is 16.5 Å². The van der Waals surface area contributed by atoms with Crippen LogP contribution in [-0.2, 0) is 22.4 Å². The monoisotopic (exact) mass is 420 g/mol. The molecule has 0 spiro atoms. The maximum Gasteiger partial charge on any atom is 0.277 e. The van der Waals surface area contributed by atoms with Gasteiger partial charge in [0.15, 0.2) is 0 Å². The van der Waals surface area contributed by atoms with Crippen LogP contribution in [0.4, 0.5) is 0 Å². The first-order valence-electron chi connectivity index (χ1n) is 9.65. The fraction of sp³-hybridized carbons (Fsp3) is 0.579. The van der Waals surface area contributed by atoms with Crippen LogP contribution in [0.25, 0.3) is 10.8 Å². The Bertz CT molecular complexity index is 870. The van der Waals surface area contributed by atoms with Crippen LogP contribution in [0.1, 0.15) is 36.6 Å². The molecule has 9 heteroatoms. The Labute approximate surface area is 172 Å². The smallest absolute Gasteiger partial charge is 0.277 e. The summed E-state index contributed by atoms with van der Waals surface area (Å²) >= 11 is 3.00. The number of nitrogens with two attached hydrogens (primary N) is 1. The number of hydrogen-bond acceptors (Lipinski definition) is 7. The van der Waals surface area contributed by atoms with E-state index in [0.717, 1.165) is 23.6 Å². The number of carbonyl (C=O) groups is 2. The summed E-state index contributed by atoms with van der Waals surface area (Å²) in [4.78, 5) is 27.8. The summed E-state index contributed by atoms with van der Waals surface area (Å²) in [5.41, 5.74) is 6.74. The topological polar surface area (TPSA) is 102 Å². The van der Waals surface area contributed by atoms with E-state index in [1.807, 2.05) is 0 Å². The van der Waals surface area contributed by atoms with Crippen molar-refractivity contribution in [1.29, 1.82) is 0 Å². The van der Waals surface area contributed by atoms with Gasteiger partial charge in [-0.2, -0.15) is 0 Å². The summed E-state index contributed by atoms with van der Waals surface area (Å²) in [6, 6.07) is 2.17. The number of piperidine rings is 1. The predicted molar refractivity (Wildman–Crippen MR) is 108 cm³/mol. The van der Waals surface area contributed by atoms with E-state index >= 15 is 0 Å². The van der Waals surface area contributed by atoms with Crippen LogP contribution in [0, 0.1) is 11.8 Å². The molecule has 0 radical (unpaired) electrons. The van der Waals surface area contributed by atoms with E-state index in [1.54, 1.807) is 16.2 Å². The van der Waals surface area contributed by atoms with Gasteiger partial charge in [-0.1, -0.05) is 18.7 Å². The van der Waals surface area contributed by atoms with E-state index in [4.69, 9.17) is 10.2 Å². The molecule has 2 N–H and O–H groups in total. The number of aryl methyl sites for hydroxylation is 1. The second kappa shape index (κ2) is 8.24. The Morgan fingerprint density at radius 3 is 2.86 bits per heavy atom. The number of likely N-dealkylation sites (tertiary alicyclic amines) is 1. The van der Waals surface area contributed by atoms with E-state index in [-0.39, 0.29) is 23.5 Å². The van der Waals surface area contributed by atoms with Crippen LogP contribution in [0.3, 0.4) is 0 Å². The van der Waals surface area contributed by atoms with Crippen molar-refractivity contribution in [3.63, 3.8) is 0 Å². The fourth-order valence-corrected chi connectivity index (χ4v) is 5.60. The maximum absolute atomic E-state index is 12.4. The fourth-order valence-electron chi connectivity index (χ4n) is 3.81. The highest BCUT2D eigenvalue weighted by atomic mass is 32.2. The molecule has 0 aromatic carbocycles. The van der Waals surface area contributed by atoms with Crippen molar-refractivity contribution >= 4 is 34.9 Å². The van der Waals surface area contributed by atoms with E-state index in [9.17, 15) is 9.59 Å². The zero-order valence-corrected chi connectivity index (χ0v) is 17.5. The van der Waals surface area contributed by atoms with Gasteiger partial charge in [0.25, 0.3) is 11.1 Å². The molecule has 2 aromatic heterocycles. The Balaban J connectivity index is 1.32. The van der Waals surface area contributed by atoms with Crippen LogP contribution < -0.4 is 5.73 Å². The number of carbonyl (C=O) groups excluding carboxylic acids is 2. The van der Waals surface area contributed by atoms with Crippen LogP contribution in [0.15, 0.2) is 15.7 Å². The number of amides is 2. The first-order valence-corrected chi connectivity index (χ1v) is 11.4. The quantitative estimate of drug-likeness (QED) is 0.746. The van der Waals surface area contributed by atoms with Crippen molar-refractivity contribution in [2.45, 2.75) is 44.3 Å². The zero-order valence-electron chi connectivity index (χ0n) is 15.8. The highest BCUT2D eigenvalue weighted by Gasteiger charge is 2.26. The van der Waals surface area contributed by atoms with Crippen molar-refractivity contribution in [2.75, 3.05) is 18.8 Å². The maximum atomic E-state index is 12.4. The zero-order chi connectivity index (χ0) is 19.7. The Hall–Kier alpha value is -1.87. The minimum Gasteiger partial charge on any atom is -0.410 e. The first-order chi connectivity index (χ1) is 13.5. The Morgan fingerprint density at radius 1 is 1.32 bits per heavy atom. The van der Waals surface area contributed by atoms with Gasteiger partial charge in [-0.3, -0.25) is 9.59 Å². The molecule has 1 aliphatic heterocycles. The summed E-state index contributed by atoms with van der Waals surface area (Å²) in [6.45, 7) is 3.43. The molecular formula is C19H24N4O3S2. The molecule has 7 nitrogen and oxygen atoms in total. The lowest BCUT2D eigenvalue weighted by molar-refractivity contribution is -0.132. The predicted octanol–water partition coefficient (Wildman–Crippen LogP) is 2.74. The van der Waals surface area contributed by atoms with Crippen LogP contribution in [0.5, 0.6) is 0 Å². The third-order valence-electron chi connectivity index (χ3n) is 5.52. The van der Waals surface area contributed by atoms with Gasteiger partial charge in [0, 0.05) is 23.9 Å². The van der Waals surface area contributed by atoms with Gasteiger partial charge in [0.05, 0.1) is 10.6 Å². The van der Waals surface area contributed by atoms with Crippen LogP contribution >= 0.6 is 23.1 Å². The van der Waals surface area contributed by atoms with Gasteiger partial charge in [-0.05, 0) is 49.7 Å². The first kappa shape index (κ1) is 19.4. The van der Waals surface area contributed by atoms with Gasteiger partial charge in [0.1, 0.15) is 0 Å². The lowest BCUT2D eigenvalue weighted by Gasteiger charge is -2.30. The normalized spacial score (nSPS) is 20.2. The van der Waals surface area contributed by atoms with E-state index in [0.29, 0.717) is 37.0 Å². The van der Waals surface area contributed by atoms with Gasteiger partial charge in [0.2, 0.25) is 11.8 Å². The number of primary amides is 1. The average Bonchev–Trinajstić information content (AvgIpc) is 3.32. The number of hydrogen-bond donors (Lipinski definition) is 1. The minimum absolute atomic E-state index is 0.0215. The van der Waals surface area contributed by atoms with Gasteiger partial charge < -0.3 is 15.1 Å².